The molecule has 0 bridgehead atoms. The SMILES string of the molecule is CC(C)C(=O)NCC[n+]1ccc(C(C)C)cc1. The molecule has 0 radical (unpaired) electrons. The van der Waals surface area contributed by atoms with Crippen LogP contribution in [-0.4, -0.2) is 12.5 Å². The highest BCUT2D eigenvalue weighted by Gasteiger charge is 2.07. The van der Waals surface area contributed by atoms with Gasteiger partial charge >= 0.3 is 0 Å². The zero-order chi connectivity index (χ0) is 12.8. The number of hydrogen-bond acceptors (Lipinski definition) is 1. The Morgan fingerprint density at radius 1 is 1.24 bits per heavy atom. The van der Waals surface area contributed by atoms with Crippen molar-refractivity contribution < 1.29 is 9.36 Å². The molecule has 1 aromatic rings. The Labute approximate surface area is 104 Å². The van der Waals surface area contributed by atoms with Gasteiger partial charge < -0.3 is 5.32 Å². The Balaban J connectivity index is 2.40. The van der Waals surface area contributed by atoms with E-state index in [0.29, 0.717) is 12.5 Å². The van der Waals surface area contributed by atoms with E-state index >= 15 is 0 Å². The second-order valence-electron chi connectivity index (χ2n) is 4.97. The van der Waals surface area contributed by atoms with Gasteiger partial charge in [-0.15, -0.1) is 0 Å². The summed E-state index contributed by atoms with van der Waals surface area (Å²) in [5.74, 6) is 0.734. The fraction of sp³-hybridized carbons (Fsp3) is 0.571. The van der Waals surface area contributed by atoms with E-state index in [-0.39, 0.29) is 11.8 Å². The molecular formula is C14H23N2O+. The summed E-state index contributed by atoms with van der Waals surface area (Å²) >= 11 is 0. The number of rotatable bonds is 5. The van der Waals surface area contributed by atoms with Crippen LogP contribution in [-0.2, 0) is 11.3 Å². The first-order chi connectivity index (χ1) is 8.00. The number of nitrogens with one attached hydrogen (secondary N) is 1. The average Bonchev–Trinajstić information content (AvgIpc) is 2.29. The van der Waals surface area contributed by atoms with Crippen LogP contribution in [0.5, 0.6) is 0 Å². The van der Waals surface area contributed by atoms with Crippen LogP contribution in [0, 0.1) is 5.92 Å². The molecule has 1 heterocycles. The number of hydrogen-bond donors (Lipinski definition) is 1. The average molecular weight is 235 g/mol. The van der Waals surface area contributed by atoms with Gasteiger partial charge in [-0.05, 0) is 11.5 Å². The van der Waals surface area contributed by atoms with Crippen LogP contribution < -0.4 is 9.88 Å². The molecular weight excluding hydrogens is 212 g/mol. The van der Waals surface area contributed by atoms with Gasteiger partial charge in [-0.3, -0.25) is 4.79 Å². The molecule has 0 atom stereocenters. The minimum absolute atomic E-state index is 0.0586. The van der Waals surface area contributed by atoms with Crippen LogP contribution in [0.3, 0.4) is 0 Å². The lowest BCUT2D eigenvalue weighted by Crippen LogP contribution is -2.41. The van der Waals surface area contributed by atoms with Gasteiger partial charge in [0.25, 0.3) is 0 Å². The van der Waals surface area contributed by atoms with Crippen LogP contribution in [0.15, 0.2) is 24.5 Å². The summed E-state index contributed by atoms with van der Waals surface area (Å²) in [5.41, 5.74) is 1.34. The van der Waals surface area contributed by atoms with Gasteiger partial charge in [0.2, 0.25) is 5.91 Å². The number of pyridine rings is 1. The summed E-state index contributed by atoms with van der Waals surface area (Å²) in [4.78, 5) is 11.4. The van der Waals surface area contributed by atoms with Gasteiger partial charge in [0.1, 0.15) is 0 Å². The highest BCUT2D eigenvalue weighted by atomic mass is 16.1. The monoisotopic (exact) mass is 235 g/mol. The third-order valence-electron chi connectivity index (χ3n) is 2.78. The number of nitrogens with zero attached hydrogens (tertiary/aromatic N) is 1. The van der Waals surface area contributed by atoms with E-state index in [1.54, 1.807) is 0 Å². The largest absolute Gasteiger partial charge is 0.350 e. The van der Waals surface area contributed by atoms with Crippen molar-refractivity contribution in [2.24, 2.45) is 5.92 Å². The van der Waals surface area contributed by atoms with Crippen molar-refractivity contribution in [1.29, 1.82) is 0 Å². The molecule has 0 saturated heterocycles. The van der Waals surface area contributed by atoms with Crippen molar-refractivity contribution in [3.63, 3.8) is 0 Å². The van der Waals surface area contributed by atoms with Gasteiger partial charge in [-0.25, -0.2) is 4.57 Å². The van der Waals surface area contributed by atoms with Crippen molar-refractivity contribution >= 4 is 5.91 Å². The molecule has 3 heteroatoms. The third-order valence-corrected chi connectivity index (χ3v) is 2.78. The van der Waals surface area contributed by atoms with Gasteiger partial charge in [-0.2, -0.15) is 0 Å². The molecule has 17 heavy (non-hydrogen) atoms. The fourth-order valence-corrected chi connectivity index (χ4v) is 1.52. The van der Waals surface area contributed by atoms with Crippen LogP contribution in [0.25, 0.3) is 0 Å². The molecule has 0 spiro atoms. The first kappa shape index (κ1) is 13.7. The van der Waals surface area contributed by atoms with E-state index in [1.807, 2.05) is 13.8 Å². The lowest BCUT2D eigenvalue weighted by atomic mass is 10.1. The quantitative estimate of drug-likeness (QED) is 0.777. The van der Waals surface area contributed by atoms with E-state index in [9.17, 15) is 4.79 Å². The lowest BCUT2D eigenvalue weighted by Gasteiger charge is -2.06. The van der Waals surface area contributed by atoms with Crippen molar-refractivity contribution in [3.8, 4) is 0 Å². The summed E-state index contributed by atoms with van der Waals surface area (Å²) in [5, 5.41) is 2.91. The molecule has 0 aromatic carbocycles. The molecule has 0 fully saturated rings. The maximum Gasteiger partial charge on any atom is 0.222 e. The second-order valence-corrected chi connectivity index (χ2v) is 4.97. The Bertz CT molecular complexity index is 355. The third kappa shape index (κ3) is 4.55. The Kier molecular flexibility index (Phi) is 5.13. The van der Waals surface area contributed by atoms with Gasteiger partial charge in [0, 0.05) is 18.1 Å². The summed E-state index contributed by atoms with van der Waals surface area (Å²) in [7, 11) is 0. The molecule has 1 amide bonds. The van der Waals surface area contributed by atoms with E-state index < -0.39 is 0 Å². The molecule has 1 rings (SSSR count). The summed E-state index contributed by atoms with van der Waals surface area (Å²) < 4.78 is 2.09. The predicted molar refractivity (Wildman–Crippen MR) is 68.6 cm³/mol. The zero-order valence-corrected chi connectivity index (χ0v) is 11.2. The highest BCUT2D eigenvalue weighted by molar-refractivity contribution is 5.77. The van der Waals surface area contributed by atoms with Crippen molar-refractivity contribution in [2.45, 2.75) is 40.2 Å². The minimum Gasteiger partial charge on any atom is -0.350 e. The van der Waals surface area contributed by atoms with Crippen LogP contribution in [0.4, 0.5) is 0 Å². The molecule has 3 nitrogen and oxygen atoms in total. The standard InChI is InChI=1S/C14H22N2O/c1-11(2)13-5-8-16(9-6-13)10-7-15-14(17)12(3)4/h5-6,8-9,11-12H,7,10H2,1-4H3/p+1. The summed E-state index contributed by atoms with van der Waals surface area (Å²) in [6.45, 7) is 9.67. The number of carbonyl (C=O) groups excluding carboxylic acids is 1. The van der Waals surface area contributed by atoms with Crippen LogP contribution in [0.1, 0.15) is 39.2 Å². The molecule has 0 unspecified atom stereocenters. The maximum atomic E-state index is 11.4. The molecule has 1 aromatic heterocycles. The van der Waals surface area contributed by atoms with Crippen LogP contribution in [0.2, 0.25) is 0 Å². The number of amides is 1. The molecule has 94 valence electrons. The molecule has 0 aliphatic carbocycles. The van der Waals surface area contributed by atoms with Gasteiger partial charge in [0.05, 0.1) is 6.54 Å². The highest BCUT2D eigenvalue weighted by Crippen LogP contribution is 2.10. The van der Waals surface area contributed by atoms with Gasteiger partial charge in [0.15, 0.2) is 18.9 Å². The molecule has 0 aliphatic rings. The maximum absolute atomic E-state index is 11.4. The van der Waals surface area contributed by atoms with Crippen molar-refractivity contribution in [3.05, 3.63) is 30.1 Å². The van der Waals surface area contributed by atoms with Gasteiger partial charge in [-0.1, -0.05) is 27.7 Å². The normalized spacial score (nSPS) is 10.9. The lowest BCUT2D eigenvalue weighted by molar-refractivity contribution is -0.695. The van der Waals surface area contributed by atoms with Crippen LogP contribution >= 0.6 is 0 Å². The predicted octanol–water partition coefficient (Wildman–Crippen LogP) is 1.87. The van der Waals surface area contributed by atoms with Crippen molar-refractivity contribution in [1.82, 2.24) is 5.32 Å². The number of aromatic nitrogens is 1. The smallest absolute Gasteiger partial charge is 0.222 e. The summed E-state index contributed by atoms with van der Waals surface area (Å²) in [6, 6.07) is 4.27. The Morgan fingerprint density at radius 3 is 2.29 bits per heavy atom. The first-order valence-corrected chi connectivity index (χ1v) is 6.27. The van der Waals surface area contributed by atoms with E-state index in [4.69, 9.17) is 0 Å². The topological polar surface area (TPSA) is 33.0 Å². The molecule has 1 N–H and O–H groups in total. The minimum atomic E-state index is 0.0586. The Hall–Kier alpha value is -1.38. The van der Waals surface area contributed by atoms with E-state index in [0.717, 1.165) is 6.54 Å². The fourth-order valence-electron chi connectivity index (χ4n) is 1.52. The van der Waals surface area contributed by atoms with E-state index in [2.05, 4.69) is 48.3 Å². The second kappa shape index (κ2) is 6.38. The van der Waals surface area contributed by atoms with E-state index in [1.165, 1.54) is 5.56 Å². The number of carbonyl (C=O) groups is 1. The summed E-state index contributed by atoms with van der Waals surface area (Å²) in [6.07, 6.45) is 4.13. The Morgan fingerprint density at radius 2 is 1.82 bits per heavy atom. The molecule has 0 aliphatic heterocycles. The zero-order valence-electron chi connectivity index (χ0n) is 11.2. The van der Waals surface area contributed by atoms with Crippen molar-refractivity contribution in [2.75, 3.05) is 6.54 Å². The molecule has 0 saturated carbocycles. The first-order valence-electron chi connectivity index (χ1n) is 6.27.